The van der Waals surface area contributed by atoms with Gasteiger partial charge in [-0.3, -0.25) is 9.59 Å². The van der Waals surface area contributed by atoms with Crippen molar-refractivity contribution in [1.82, 2.24) is 0 Å². The molecule has 2 atom stereocenters. The van der Waals surface area contributed by atoms with Gasteiger partial charge in [0.2, 0.25) is 11.6 Å². The molecule has 0 N–H and O–H groups in total. The predicted octanol–water partition coefficient (Wildman–Crippen LogP) is 2.54. The van der Waals surface area contributed by atoms with Crippen LogP contribution in [-0.4, -0.2) is 24.8 Å². The molecule has 0 bridgehead atoms. The molecule has 0 saturated heterocycles. The second-order valence-electron chi connectivity index (χ2n) is 6.00. The molecule has 4 rings (SSSR count). The van der Waals surface area contributed by atoms with Crippen molar-refractivity contribution in [2.75, 3.05) is 7.11 Å². The van der Waals surface area contributed by atoms with Crippen molar-refractivity contribution in [2.45, 2.75) is 25.9 Å². The average Bonchev–Trinajstić information content (AvgIpc) is 2.93. The number of carbonyl (C=O) groups is 2. The number of rotatable bonds is 1. The Morgan fingerprint density at radius 1 is 1.27 bits per heavy atom. The standard InChI is InChI=1S/C18H16O4/c1-9-7-14-16(19)17(20)15-12(18(14)22-9)6-4-10-3-5-11(21-2)8-13(10)15/h3,5-6,8-10H,4,7H2,1-2H3. The fourth-order valence-electron chi connectivity index (χ4n) is 3.54. The first-order chi connectivity index (χ1) is 10.6. The van der Waals surface area contributed by atoms with Gasteiger partial charge in [-0.2, -0.15) is 0 Å². The van der Waals surface area contributed by atoms with Crippen LogP contribution in [0, 0.1) is 5.92 Å². The molecule has 1 heterocycles. The topological polar surface area (TPSA) is 52.6 Å². The second-order valence-corrected chi connectivity index (χ2v) is 6.00. The van der Waals surface area contributed by atoms with Gasteiger partial charge in [-0.1, -0.05) is 12.2 Å². The highest BCUT2D eigenvalue weighted by Gasteiger charge is 2.43. The molecule has 0 aromatic carbocycles. The minimum atomic E-state index is -0.415. The Labute approximate surface area is 128 Å². The first-order valence-corrected chi connectivity index (χ1v) is 7.48. The van der Waals surface area contributed by atoms with E-state index in [1.807, 2.05) is 31.2 Å². The van der Waals surface area contributed by atoms with Crippen molar-refractivity contribution in [2.24, 2.45) is 5.92 Å². The Bertz CT molecular complexity index is 758. The van der Waals surface area contributed by atoms with Crippen LogP contribution < -0.4 is 0 Å². The Kier molecular flexibility index (Phi) is 2.76. The molecule has 0 aromatic rings. The van der Waals surface area contributed by atoms with Crippen LogP contribution >= 0.6 is 0 Å². The maximum absolute atomic E-state index is 12.6. The monoisotopic (exact) mass is 296 g/mol. The van der Waals surface area contributed by atoms with Gasteiger partial charge < -0.3 is 9.47 Å². The van der Waals surface area contributed by atoms with Gasteiger partial charge in [0, 0.05) is 29.1 Å². The minimum absolute atomic E-state index is 0.0546. The molecule has 0 fully saturated rings. The van der Waals surface area contributed by atoms with Crippen molar-refractivity contribution < 1.29 is 19.1 Å². The number of fused-ring (bicyclic) bond motifs is 3. The molecule has 0 spiro atoms. The number of Topliss-reactive ketones (excluding diaryl/α,β-unsaturated/α-hetero) is 2. The molecule has 3 aliphatic carbocycles. The summed E-state index contributed by atoms with van der Waals surface area (Å²) in [6.07, 6.45) is 9.08. The van der Waals surface area contributed by atoms with E-state index in [0.717, 1.165) is 17.6 Å². The molecule has 2 unspecified atom stereocenters. The first kappa shape index (κ1) is 13.3. The van der Waals surface area contributed by atoms with Gasteiger partial charge in [0.15, 0.2) is 0 Å². The van der Waals surface area contributed by atoms with Gasteiger partial charge in [0.05, 0.1) is 7.11 Å². The van der Waals surface area contributed by atoms with E-state index < -0.39 is 11.6 Å². The number of hydrogen-bond acceptors (Lipinski definition) is 4. The molecule has 22 heavy (non-hydrogen) atoms. The summed E-state index contributed by atoms with van der Waals surface area (Å²) in [5.41, 5.74) is 2.68. The maximum atomic E-state index is 12.6. The molecular formula is C18H16O4. The van der Waals surface area contributed by atoms with Crippen molar-refractivity contribution in [3.05, 3.63) is 58.1 Å². The van der Waals surface area contributed by atoms with Gasteiger partial charge in [-0.05, 0) is 31.1 Å². The number of methoxy groups -OCH3 is 1. The summed E-state index contributed by atoms with van der Waals surface area (Å²) in [4.78, 5) is 25.0. The van der Waals surface area contributed by atoms with Crippen LogP contribution in [0.15, 0.2) is 58.1 Å². The molecule has 112 valence electrons. The van der Waals surface area contributed by atoms with Crippen LogP contribution in [0.4, 0.5) is 0 Å². The Hall–Kier alpha value is -2.36. The lowest BCUT2D eigenvalue weighted by atomic mass is 9.74. The summed E-state index contributed by atoms with van der Waals surface area (Å²) in [7, 11) is 1.59. The zero-order chi connectivity index (χ0) is 15.4. The number of ketones is 2. The van der Waals surface area contributed by atoms with Crippen molar-refractivity contribution in [3.8, 4) is 0 Å². The highest BCUT2D eigenvalue weighted by atomic mass is 16.5. The van der Waals surface area contributed by atoms with Crippen LogP contribution in [0.1, 0.15) is 19.8 Å². The zero-order valence-electron chi connectivity index (χ0n) is 12.5. The molecule has 0 radical (unpaired) electrons. The largest absolute Gasteiger partial charge is 0.497 e. The lowest BCUT2D eigenvalue weighted by Crippen LogP contribution is -2.29. The first-order valence-electron chi connectivity index (χ1n) is 7.48. The summed E-state index contributed by atoms with van der Waals surface area (Å²) in [6, 6.07) is 0. The van der Waals surface area contributed by atoms with E-state index in [4.69, 9.17) is 9.47 Å². The van der Waals surface area contributed by atoms with Gasteiger partial charge in [-0.15, -0.1) is 0 Å². The lowest BCUT2D eigenvalue weighted by molar-refractivity contribution is -0.132. The lowest BCUT2D eigenvalue weighted by Gasteiger charge is -2.29. The predicted molar refractivity (Wildman–Crippen MR) is 79.7 cm³/mol. The van der Waals surface area contributed by atoms with E-state index in [1.165, 1.54) is 0 Å². The molecule has 0 amide bonds. The van der Waals surface area contributed by atoms with Crippen LogP contribution in [0.25, 0.3) is 0 Å². The van der Waals surface area contributed by atoms with Crippen LogP contribution in [0.3, 0.4) is 0 Å². The minimum Gasteiger partial charge on any atom is -0.497 e. The second kappa shape index (κ2) is 4.57. The summed E-state index contributed by atoms with van der Waals surface area (Å²) in [5.74, 6) is 0.599. The van der Waals surface area contributed by atoms with Crippen molar-refractivity contribution >= 4 is 11.6 Å². The fraction of sp³-hybridized carbons (Fsp3) is 0.333. The van der Waals surface area contributed by atoms with Crippen molar-refractivity contribution in [1.29, 1.82) is 0 Å². The summed E-state index contributed by atoms with van der Waals surface area (Å²) >= 11 is 0. The van der Waals surface area contributed by atoms with Gasteiger partial charge in [0.25, 0.3) is 0 Å². The average molecular weight is 296 g/mol. The summed E-state index contributed by atoms with van der Waals surface area (Å²) in [5, 5.41) is 0. The molecule has 4 aliphatic rings. The molecule has 4 nitrogen and oxygen atoms in total. The normalized spacial score (nSPS) is 29.5. The number of ether oxygens (including phenoxy) is 2. The molecule has 0 saturated carbocycles. The summed E-state index contributed by atoms with van der Waals surface area (Å²) < 4.78 is 11.1. The van der Waals surface area contributed by atoms with Crippen LogP contribution in [0.5, 0.6) is 0 Å². The summed E-state index contributed by atoms with van der Waals surface area (Å²) in [6.45, 7) is 1.92. The molecule has 4 heteroatoms. The van der Waals surface area contributed by atoms with E-state index in [9.17, 15) is 9.59 Å². The van der Waals surface area contributed by atoms with E-state index in [-0.39, 0.29) is 12.0 Å². The fourth-order valence-corrected chi connectivity index (χ4v) is 3.54. The van der Waals surface area contributed by atoms with E-state index in [0.29, 0.717) is 29.1 Å². The maximum Gasteiger partial charge on any atom is 0.234 e. The Morgan fingerprint density at radius 2 is 2.09 bits per heavy atom. The highest BCUT2D eigenvalue weighted by Crippen LogP contribution is 2.45. The third kappa shape index (κ3) is 1.70. The van der Waals surface area contributed by atoms with Crippen LogP contribution in [0.2, 0.25) is 0 Å². The number of hydrogen-bond donors (Lipinski definition) is 0. The van der Waals surface area contributed by atoms with Crippen molar-refractivity contribution in [3.63, 3.8) is 0 Å². The molecule has 0 aromatic heterocycles. The zero-order valence-corrected chi connectivity index (χ0v) is 12.5. The third-order valence-electron chi connectivity index (χ3n) is 4.60. The van der Waals surface area contributed by atoms with Gasteiger partial charge in [0.1, 0.15) is 17.6 Å². The van der Waals surface area contributed by atoms with Gasteiger partial charge >= 0.3 is 0 Å². The van der Waals surface area contributed by atoms with E-state index in [2.05, 4.69) is 0 Å². The number of carbonyl (C=O) groups excluding carboxylic acids is 2. The SMILES string of the molecule is COC1=CC2=C3C(=O)C(=O)C4=C(OC(C)C4)C3=CCC2C=C1. The Balaban J connectivity index is 1.91. The third-order valence-corrected chi connectivity index (χ3v) is 4.60. The Morgan fingerprint density at radius 3 is 2.86 bits per heavy atom. The number of allylic oxidation sites excluding steroid dienone is 6. The molecule has 1 aliphatic heterocycles. The van der Waals surface area contributed by atoms with E-state index in [1.54, 1.807) is 7.11 Å². The van der Waals surface area contributed by atoms with Crippen LogP contribution in [-0.2, 0) is 19.1 Å². The smallest absolute Gasteiger partial charge is 0.234 e. The van der Waals surface area contributed by atoms with E-state index >= 15 is 0 Å². The molecular weight excluding hydrogens is 280 g/mol. The highest BCUT2D eigenvalue weighted by molar-refractivity contribution is 6.52. The quantitative estimate of drug-likeness (QED) is 0.698. The van der Waals surface area contributed by atoms with Gasteiger partial charge in [-0.25, -0.2) is 0 Å².